The summed E-state index contributed by atoms with van der Waals surface area (Å²) in [7, 11) is 0. The Bertz CT molecular complexity index is 839. The van der Waals surface area contributed by atoms with Gasteiger partial charge in [0.05, 0.1) is 6.61 Å². The van der Waals surface area contributed by atoms with Crippen molar-refractivity contribution >= 4 is 0 Å². The number of aromatic hydroxyl groups is 4. The number of fused-ring (bicyclic) bond motifs is 1. The van der Waals surface area contributed by atoms with E-state index in [0.29, 0.717) is 26.1 Å². The first-order chi connectivity index (χ1) is 14.5. The van der Waals surface area contributed by atoms with Gasteiger partial charge in [0, 0.05) is 18.2 Å². The summed E-state index contributed by atoms with van der Waals surface area (Å²) in [4.78, 5) is 0. The van der Waals surface area contributed by atoms with Gasteiger partial charge in [-0.25, -0.2) is 0 Å². The van der Waals surface area contributed by atoms with Gasteiger partial charge in [-0.1, -0.05) is 31.4 Å². The minimum absolute atomic E-state index is 0.0177. The summed E-state index contributed by atoms with van der Waals surface area (Å²) in [5.74, 6) is -0.000386. The summed E-state index contributed by atoms with van der Waals surface area (Å²) in [5, 5.41) is 38.7. The zero-order chi connectivity index (χ0) is 21.5. The molecule has 1 aliphatic carbocycles. The van der Waals surface area contributed by atoms with Crippen molar-refractivity contribution in [1.82, 2.24) is 0 Å². The summed E-state index contributed by atoms with van der Waals surface area (Å²) >= 11 is 0. The molecule has 3 rings (SSSR count). The van der Waals surface area contributed by atoms with Crippen LogP contribution < -0.4 is 5.73 Å². The Morgan fingerprint density at radius 1 is 0.867 bits per heavy atom. The number of hydrogen-bond acceptors (Lipinski definition) is 6. The Morgan fingerprint density at radius 3 is 2.43 bits per heavy atom. The average molecular weight is 416 g/mol. The van der Waals surface area contributed by atoms with Crippen molar-refractivity contribution in [3.63, 3.8) is 0 Å². The number of ether oxygens (including phenoxy) is 1. The monoisotopic (exact) mass is 415 g/mol. The molecule has 0 amide bonds. The molecule has 2 atom stereocenters. The molecule has 2 unspecified atom stereocenters. The van der Waals surface area contributed by atoms with Gasteiger partial charge in [-0.05, 0) is 67.3 Å². The Labute approximate surface area is 177 Å². The molecule has 0 saturated heterocycles. The molecule has 0 aliphatic heterocycles. The van der Waals surface area contributed by atoms with Crippen molar-refractivity contribution < 1.29 is 25.2 Å². The molecule has 0 heterocycles. The van der Waals surface area contributed by atoms with Crippen molar-refractivity contribution in [1.29, 1.82) is 0 Å². The van der Waals surface area contributed by atoms with E-state index in [1.807, 2.05) is 6.07 Å². The van der Waals surface area contributed by atoms with Crippen molar-refractivity contribution in [2.75, 3.05) is 13.2 Å². The Kier molecular flexibility index (Phi) is 7.82. The summed E-state index contributed by atoms with van der Waals surface area (Å²) in [5.41, 5.74) is 9.24. The highest BCUT2D eigenvalue weighted by molar-refractivity contribution is 5.51. The Hall–Kier alpha value is -2.44. The first kappa shape index (κ1) is 22.2. The maximum atomic E-state index is 10.1. The van der Waals surface area contributed by atoms with Gasteiger partial charge in [-0.2, -0.15) is 0 Å². The Balaban J connectivity index is 1.31. The second kappa shape index (κ2) is 10.5. The fourth-order valence-electron chi connectivity index (χ4n) is 4.30. The molecule has 0 saturated carbocycles. The van der Waals surface area contributed by atoms with Crippen LogP contribution in [0.5, 0.6) is 23.0 Å². The maximum Gasteiger partial charge on any atom is 0.160 e. The molecule has 6 heteroatoms. The zero-order valence-corrected chi connectivity index (χ0v) is 17.4. The first-order valence-electron chi connectivity index (χ1n) is 10.8. The van der Waals surface area contributed by atoms with E-state index in [9.17, 15) is 20.4 Å². The second-order valence-electron chi connectivity index (χ2n) is 8.20. The van der Waals surface area contributed by atoms with Crippen LogP contribution in [-0.4, -0.2) is 39.7 Å². The van der Waals surface area contributed by atoms with Gasteiger partial charge >= 0.3 is 0 Å². The molecule has 0 fully saturated rings. The van der Waals surface area contributed by atoms with Gasteiger partial charge in [0.2, 0.25) is 0 Å². The van der Waals surface area contributed by atoms with Crippen LogP contribution in [0.4, 0.5) is 0 Å². The quantitative estimate of drug-likeness (QED) is 0.295. The minimum atomic E-state index is -0.104. The largest absolute Gasteiger partial charge is 0.504 e. The third-order valence-corrected chi connectivity index (χ3v) is 6.07. The first-order valence-corrected chi connectivity index (χ1v) is 10.8. The van der Waals surface area contributed by atoms with Crippen LogP contribution in [0.15, 0.2) is 30.3 Å². The number of unbranched alkanes of at least 4 members (excludes halogenated alkanes) is 3. The maximum absolute atomic E-state index is 10.1. The highest BCUT2D eigenvalue weighted by atomic mass is 16.5. The van der Waals surface area contributed by atoms with E-state index in [4.69, 9.17) is 10.5 Å². The van der Waals surface area contributed by atoms with Gasteiger partial charge < -0.3 is 30.9 Å². The molecule has 1 aliphatic rings. The topological polar surface area (TPSA) is 116 Å². The lowest BCUT2D eigenvalue weighted by molar-refractivity contribution is 0.132. The smallest absolute Gasteiger partial charge is 0.160 e. The number of benzene rings is 2. The molecule has 6 N–H and O–H groups in total. The number of phenolic OH excluding ortho intramolecular Hbond substituents is 4. The third-order valence-electron chi connectivity index (χ3n) is 6.07. The summed E-state index contributed by atoms with van der Waals surface area (Å²) in [6, 6.07) is 8.42. The van der Waals surface area contributed by atoms with Crippen LogP contribution in [0, 0.1) is 0 Å². The average Bonchev–Trinajstić information content (AvgIpc) is 2.73. The molecule has 0 bridgehead atoms. The fraction of sp³-hybridized carbons (Fsp3) is 0.500. The van der Waals surface area contributed by atoms with Crippen molar-refractivity contribution in [3.05, 3.63) is 47.0 Å². The fourth-order valence-corrected chi connectivity index (χ4v) is 4.30. The second-order valence-corrected chi connectivity index (χ2v) is 8.20. The molecule has 0 spiro atoms. The van der Waals surface area contributed by atoms with Crippen molar-refractivity contribution in [3.8, 4) is 23.0 Å². The normalized spacial score (nSPS) is 18.3. The number of rotatable bonds is 10. The van der Waals surface area contributed by atoms with E-state index >= 15 is 0 Å². The molecule has 30 heavy (non-hydrogen) atoms. The summed E-state index contributed by atoms with van der Waals surface area (Å²) < 4.78 is 5.68. The SMILES string of the molecule is NC1CCc2c(ccc(O)c2O)C1CCCCCCOCCc1ccc(O)c(O)c1. The lowest BCUT2D eigenvalue weighted by atomic mass is 9.76. The van der Waals surface area contributed by atoms with Crippen molar-refractivity contribution in [2.45, 2.75) is 63.3 Å². The predicted molar refractivity (Wildman–Crippen MR) is 116 cm³/mol. The Morgan fingerprint density at radius 2 is 1.63 bits per heavy atom. The lowest BCUT2D eigenvalue weighted by Gasteiger charge is -2.32. The van der Waals surface area contributed by atoms with Crippen LogP contribution in [0.25, 0.3) is 0 Å². The lowest BCUT2D eigenvalue weighted by Crippen LogP contribution is -2.33. The van der Waals surface area contributed by atoms with Gasteiger partial charge in [0.15, 0.2) is 23.0 Å². The zero-order valence-electron chi connectivity index (χ0n) is 17.4. The van der Waals surface area contributed by atoms with Gasteiger partial charge in [-0.15, -0.1) is 0 Å². The predicted octanol–water partition coefficient (Wildman–Crippen LogP) is 4.08. The van der Waals surface area contributed by atoms with E-state index < -0.39 is 0 Å². The van der Waals surface area contributed by atoms with E-state index in [1.54, 1.807) is 18.2 Å². The highest BCUT2D eigenvalue weighted by Crippen LogP contribution is 2.42. The molecular weight excluding hydrogens is 382 g/mol. The molecule has 2 aromatic carbocycles. The number of nitrogens with two attached hydrogens (primary N) is 1. The van der Waals surface area contributed by atoms with Crippen LogP contribution >= 0.6 is 0 Å². The van der Waals surface area contributed by atoms with Gasteiger partial charge in [-0.3, -0.25) is 0 Å². The summed E-state index contributed by atoms with van der Waals surface area (Å²) in [6.07, 6.45) is 7.52. The molecule has 164 valence electrons. The number of hydrogen-bond donors (Lipinski definition) is 5. The van der Waals surface area contributed by atoms with E-state index in [-0.39, 0.29) is 35.0 Å². The third kappa shape index (κ3) is 5.58. The molecule has 0 aromatic heterocycles. The van der Waals surface area contributed by atoms with Crippen LogP contribution in [0.1, 0.15) is 61.1 Å². The van der Waals surface area contributed by atoms with Crippen LogP contribution in [0.2, 0.25) is 0 Å². The molecule has 2 aromatic rings. The summed E-state index contributed by atoms with van der Waals surface area (Å²) in [6.45, 7) is 1.30. The van der Waals surface area contributed by atoms with Crippen molar-refractivity contribution in [2.24, 2.45) is 5.73 Å². The van der Waals surface area contributed by atoms with Crippen LogP contribution in [0.3, 0.4) is 0 Å². The highest BCUT2D eigenvalue weighted by Gasteiger charge is 2.29. The van der Waals surface area contributed by atoms with Gasteiger partial charge in [0.1, 0.15) is 0 Å². The molecule has 6 nitrogen and oxygen atoms in total. The van der Waals surface area contributed by atoms with Crippen LogP contribution in [-0.2, 0) is 17.6 Å². The standard InChI is InChI=1S/C24H33NO5/c25-20-9-7-19-17(8-11-22(27)24(19)29)18(20)5-3-1-2-4-13-30-14-12-16-6-10-21(26)23(28)15-16/h6,8,10-11,15,18,20,26-29H,1-5,7,9,12-14,25H2. The molecular formula is C24H33NO5. The van der Waals surface area contributed by atoms with E-state index in [2.05, 4.69) is 0 Å². The number of phenols is 4. The van der Waals surface area contributed by atoms with E-state index in [1.165, 1.54) is 6.07 Å². The minimum Gasteiger partial charge on any atom is -0.504 e. The van der Waals surface area contributed by atoms with E-state index in [0.717, 1.165) is 55.2 Å². The van der Waals surface area contributed by atoms with Gasteiger partial charge in [0.25, 0.3) is 0 Å². The molecule has 0 radical (unpaired) electrons.